The van der Waals surface area contributed by atoms with Gasteiger partial charge in [0.05, 0.1) is 26.2 Å². The van der Waals surface area contributed by atoms with E-state index in [-0.39, 0.29) is 0 Å². The van der Waals surface area contributed by atoms with Gasteiger partial charge in [-0.05, 0) is 27.7 Å². The second-order valence-electron chi connectivity index (χ2n) is 2.61. The van der Waals surface area contributed by atoms with Crippen LogP contribution in [0, 0.1) is 0 Å². The average Bonchev–Trinajstić information content (AvgIpc) is 2.13. The van der Waals surface area contributed by atoms with E-state index in [0.29, 0.717) is 0 Å². The summed E-state index contributed by atoms with van der Waals surface area (Å²) in [5.74, 6) is 0. The lowest BCUT2D eigenvalue weighted by molar-refractivity contribution is -0.921. The fraction of sp³-hybridized carbons (Fsp3) is 1.00. The molecule has 0 atom stereocenters. The standard InChI is InChI=1S/C8H20N.FHO/c1-5-9(6-2,7-3)8-4;1-2/h5-8H2,1-4H3;2H/q+1;. The third-order valence-electron chi connectivity index (χ3n) is 2.68. The van der Waals surface area contributed by atoms with Crippen molar-refractivity contribution in [1.29, 1.82) is 0 Å². The molecule has 0 aromatic rings. The predicted molar refractivity (Wildman–Crippen MR) is 45.8 cm³/mol. The lowest BCUT2D eigenvalue weighted by Crippen LogP contribution is -2.47. The molecular formula is C8H21FNO+. The highest BCUT2D eigenvalue weighted by atomic mass is 19.3. The maximum Gasteiger partial charge on any atom is 0.0757 e. The Balaban J connectivity index is 0. The summed E-state index contributed by atoms with van der Waals surface area (Å²) in [7, 11) is 0. The average molecular weight is 166 g/mol. The summed E-state index contributed by atoms with van der Waals surface area (Å²) in [6, 6.07) is 0. The molecule has 3 heteroatoms. The van der Waals surface area contributed by atoms with Gasteiger partial charge < -0.3 is 4.48 Å². The summed E-state index contributed by atoms with van der Waals surface area (Å²) in [5, 5.41) is 5.50. The maximum absolute atomic E-state index is 8.50. The van der Waals surface area contributed by atoms with Crippen molar-refractivity contribution in [2.45, 2.75) is 27.7 Å². The van der Waals surface area contributed by atoms with Crippen LogP contribution in [-0.4, -0.2) is 36.0 Å². The molecule has 1 N–H and O–H groups in total. The normalized spacial score (nSPS) is 10.4. The zero-order valence-corrected chi connectivity index (χ0v) is 8.10. The topological polar surface area (TPSA) is 20.2 Å². The number of nitrogens with zero attached hydrogens (tertiary/aromatic N) is 1. The van der Waals surface area contributed by atoms with E-state index in [1.165, 1.54) is 30.7 Å². The van der Waals surface area contributed by atoms with Gasteiger partial charge in [-0.2, -0.15) is 0 Å². The monoisotopic (exact) mass is 166 g/mol. The number of rotatable bonds is 4. The molecule has 0 aromatic carbocycles. The van der Waals surface area contributed by atoms with E-state index in [4.69, 9.17) is 9.84 Å². The summed E-state index contributed by atoms with van der Waals surface area (Å²) < 4.78 is 9.78. The molecule has 0 amide bonds. The van der Waals surface area contributed by atoms with Gasteiger partial charge in [-0.1, -0.05) is 4.53 Å². The Bertz CT molecular complexity index is 57.0. The van der Waals surface area contributed by atoms with E-state index >= 15 is 0 Å². The van der Waals surface area contributed by atoms with Crippen LogP contribution in [0.5, 0.6) is 0 Å². The minimum Gasteiger partial charge on any atom is -0.325 e. The van der Waals surface area contributed by atoms with Gasteiger partial charge in [-0.25, -0.2) is 5.31 Å². The largest absolute Gasteiger partial charge is 0.325 e. The van der Waals surface area contributed by atoms with Crippen LogP contribution < -0.4 is 0 Å². The van der Waals surface area contributed by atoms with Gasteiger partial charge in [0.25, 0.3) is 0 Å². The molecule has 0 rings (SSSR count). The fourth-order valence-corrected chi connectivity index (χ4v) is 1.34. The van der Waals surface area contributed by atoms with Crippen LogP contribution in [0.15, 0.2) is 0 Å². The highest BCUT2D eigenvalue weighted by molar-refractivity contribution is 4.31. The van der Waals surface area contributed by atoms with Crippen LogP contribution in [0.25, 0.3) is 0 Å². The smallest absolute Gasteiger partial charge is 0.0757 e. The van der Waals surface area contributed by atoms with Crippen molar-refractivity contribution in [3.8, 4) is 0 Å². The summed E-state index contributed by atoms with van der Waals surface area (Å²) >= 11 is 0. The number of quaternary nitrogens is 1. The third kappa shape index (κ3) is 4.32. The molecule has 70 valence electrons. The highest BCUT2D eigenvalue weighted by Crippen LogP contribution is 2.03. The Morgan fingerprint density at radius 2 is 1.00 bits per heavy atom. The lowest BCUT2D eigenvalue weighted by atomic mass is 10.3. The van der Waals surface area contributed by atoms with Crippen molar-refractivity contribution in [2.24, 2.45) is 0 Å². The lowest BCUT2D eigenvalue weighted by Gasteiger charge is -2.34. The molecule has 11 heavy (non-hydrogen) atoms. The van der Waals surface area contributed by atoms with Crippen molar-refractivity contribution in [2.75, 3.05) is 26.2 Å². The predicted octanol–water partition coefficient (Wildman–Crippen LogP) is 1.75. The van der Waals surface area contributed by atoms with Gasteiger partial charge in [0, 0.05) is 0 Å². The molecule has 2 nitrogen and oxygen atoms in total. The summed E-state index contributed by atoms with van der Waals surface area (Å²) in [5.41, 5.74) is 0. The second-order valence-corrected chi connectivity index (χ2v) is 2.61. The van der Waals surface area contributed by atoms with E-state index in [0.717, 1.165) is 0 Å². The van der Waals surface area contributed by atoms with E-state index in [1.54, 1.807) is 0 Å². The van der Waals surface area contributed by atoms with Gasteiger partial charge in [-0.15, -0.1) is 0 Å². The Morgan fingerprint density at radius 3 is 1.00 bits per heavy atom. The Morgan fingerprint density at radius 1 is 0.818 bits per heavy atom. The first kappa shape index (κ1) is 13.4. The first-order chi connectivity index (χ1) is 5.24. The molecule has 0 fully saturated rings. The van der Waals surface area contributed by atoms with Crippen LogP contribution in [0.3, 0.4) is 0 Å². The minimum atomic E-state index is 1.28. The fourth-order valence-electron chi connectivity index (χ4n) is 1.34. The van der Waals surface area contributed by atoms with Crippen molar-refractivity contribution in [1.82, 2.24) is 0 Å². The van der Waals surface area contributed by atoms with Gasteiger partial charge in [0.15, 0.2) is 0 Å². The van der Waals surface area contributed by atoms with Crippen LogP contribution in [-0.2, 0) is 0 Å². The first-order valence-electron chi connectivity index (χ1n) is 4.26. The molecule has 0 bridgehead atoms. The van der Waals surface area contributed by atoms with E-state index in [9.17, 15) is 0 Å². The van der Waals surface area contributed by atoms with Crippen molar-refractivity contribution >= 4 is 0 Å². The molecule has 0 spiro atoms. The molecule has 0 saturated carbocycles. The molecule has 0 aliphatic heterocycles. The Hall–Kier alpha value is -0.150. The molecule has 0 saturated heterocycles. The van der Waals surface area contributed by atoms with Gasteiger partial charge in [0.1, 0.15) is 0 Å². The van der Waals surface area contributed by atoms with Crippen LogP contribution in [0.1, 0.15) is 27.7 Å². The molecule has 0 unspecified atom stereocenters. The zero-order chi connectivity index (χ0) is 9.33. The molecule has 0 aromatic heterocycles. The first-order valence-corrected chi connectivity index (χ1v) is 4.26. The van der Waals surface area contributed by atoms with E-state index in [1.807, 2.05) is 0 Å². The SMILES string of the molecule is CC[N+](CC)(CC)CC.OF. The molecule has 0 aliphatic rings. The van der Waals surface area contributed by atoms with Crippen molar-refractivity contribution in [3.63, 3.8) is 0 Å². The maximum atomic E-state index is 8.50. The summed E-state index contributed by atoms with van der Waals surface area (Å²) in [6.07, 6.45) is 0. The quantitative estimate of drug-likeness (QED) is 0.631. The summed E-state index contributed by atoms with van der Waals surface area (Å²) in [6.45, 7) is 14.2. The third-order valence-corrected chi connectivity index (χ3v) is 2.68. The van der Waals surface area contributed by atoms with Crippen LogP contribution in [0.4, 0.5) is 4.53 Å². The van der Waals surface area contributed by atoms with Gasteiger partial charge >= 0.3 is 0 Å². The second kappa shape index (κ2) is 7.95. The number of hydrogen-bond donors (Lipinski definition) is 1. The number of halogens is 1. The van der Waals surface area contributed by atoms with E-state index < -0.39 is 0 Å². The van der Waals surface area contributed by atoms with Crippen LogP contribution in [0.2, 0.25) is 0 Å². The Labute approximate surface area is 69.1 Å². The van der Waals surface area contributed by atoms with Crippen LogP contribution >= 0.6 is 0 Å². The molecule has 0 aliphatic carbocycles. The Kier molecular flexibility index (Phi) is 9.72. The number of hydrogen-bond acceptors (Lipinski definition) is 1. The minimum absolute atomic E-state index is 1.28. The van der Waals surface area contributed by atoms with Gasteiger partial charge in [-0.3, -0.25) is 0 Å². The molecule has 0 radical (unpaired) electrons. The van der Waals surface area contributed by atoms with Crippen molar-refractivity contribution in [3.05, 3.63) is 0 Å². The van der Waals surface area contributed by atoms with Crippen molar-refractivity contribution < 1.29 is 14.3 Å². The zero-order valence-electron chi connectivity index (χ0n) is 8.10. The van der Waals surface area contributed by atoms with E-state index in [2.05, 4.69) is 27.7 Å². The highest BCUT2D eigenvalue weighted by Gasteiger charge is 2.16. The molecular weight excluding hydrogens is 145 g/mol. The molecule has 0 heterocycles. The summed E-state index contributed by atoms with van der Waals surface area (Å²) in [4.78, 5) is 0. The van der Waals surface area contributed by atoms with Gasteiger partial charge in [0.2, 0.25) is 0 Å².